The van der Waals surface area contributed by atoms with Gasteiger partial charge in [0.05, 0.1) is 7.11 Å². The Hall–Kier alpha value is -1.51. The van der Waals surface area contributed by atoms with E-state index in [9.17, 15) is 4.79 Å². The van der Waals surface area contributed by atoms with Crippen molar-refractivity contribution in [2.75, 3.05) is 7.11 Å². The number of esters is 1. The number of para-hydroxylation sites is 2. The third-order valence-corrected chi connectivity index (χ3v) is 1.75. The number of methoxy groups -OCH3 is 1. The summed E-state index contributed by atoms with van der Waals surface area (Å²) >= 11 is 0. The molecule has 0 aliphatic heterocycles. The first-order valence-electron chi connectivity index (χ1n) is 4.61. The predicted octanol–water partition coefficient (Wildman–Crippen LogP) is 2.40. The lowest BCUT2D eigenvalue weighted by Crippen LogP contribution is -2.07. The van der Waals surface area contributed by atoms with Crippen molar-refractivity contribution in [2.45, 2.75) is 19.8 Å². The number of hydrogen-bond acceptors (Lipinski definition) is 3. The quantitative estimate of drug-likeness (QED) is 0.545. The Bertz CT molecular complexity index is 307. The van der Waals surface area contributed by atoms with Gasteiger partial charge < -0.3 is 9.47 Å². The minimum absolute atomic E-state index is 0.225. The molecule has 0 saturated carbocycles. The monoisotopic (exact) mass is 194 g/mol. The molecule has 3 heteroatoms. The summed E-state index contributed by atoms with van der Waals surface area (Å²) in [5.41, 5.74) is 0. The van der Waals surface area contributed by atoms with E-state index in [1.807, 2.05) is 13.0 Å². The zero-order chi connectivity index (χ0) is 10.4. The lowest BCUT2D eigenvalue weighted by atomic mass is 10.3. The average Bonchev–Trinajstić information content (AvgIpc) is 2.19. The molecule has 1 aromatic carbocycles. The second-order valence-corrected chi connectivity index (χ2v) is 2.87. The second kappa shape index (κ2) is 5.27. The standard InChI is InChI=1S/C11H14O3/c1-3-6-11(12)14-10-8-5-4-7-9(10)13-2/h4-5,7-8H,3,6H2,1-2H3. The number of carbonyl (C=O) groups excluding carboxylic acids is 1. The van der Waals surface area contributed by atoms with E-state index in [0.29, 0.717) is 17.9 Å². The summed E-state index contributed by atoms with van der Waals surface area (Å²) in [6, 6.07) is 7.11. The first kappa shape index (κ1) is 10.6. The molecule has 0 aliphatic rings. The van der Waals surface area contributed by atoms with Gasteiger partial charge in [0.15, 0.2) is 11.5 Å². The summed E-state index contributed by atoms with van der Waals surface area (Å²) in [7, 11) is 1.55. The molecule has 0 N–H and O–H groups in total. The van der Waals surface area contributed by atoms with Crippen LogP contribution in [0.25, 0.3) is 0 Å². The van der Waals surface area contributed by atoms with Crippen LogP contribution in [0, 0.1) is 0 Å². The topological polar surface area (TPSA) is 35.5 Å². The third kappa shape index (κ3) is 2.76. The number of carbonyl (C=O) groups is 1. The highest BCUT2D eigenvalue weighted by molar-refractivity contribution is 5.73. The Morgan fingerprint density at radius 2 is 1.93 bits per heavy atom. The van der Waals surface area contributed by atoms with Gasteiger partial charge in [-0.05, 0) is 18.6 Å². The molecule has 14 heavy (non-hydrogen) atoms. The molecule has 1 rings (SSSR count). The first-order chi connectivity index (χ1) is 6.77. The Labute approximate surface area is 83.6 Å². The maximum atomic E-state index is 11.2. The number of ether oxygens (including phenoxy) is 2. The second-order valence-electron chi connectivity index (χ2n) is 2.87. The molecule has 0 atom stereocenters. The van der Waals surface area contributed by atoms with Gasteiger partial charge in [-0.1, -0.05) is 19.1 Å². The summed E-state index contributed by atoms with van der Waals surface area (Å²) in [4.78, 5) is 11.2. The molecular weight excluding hydrogens is 180 g/mol. The van der Waals surface area contributed by atoms with Gasteiger partial charge in [0.1, 0.15) is 0 Å². The Morgan fingerprint density at radius 1 is 1.29 bits per heavy atom. The SMILES string of the molecule is CCCC(=O)Oc1ccccc1OC. The summed E-state index contributed by atoms with van der Waals surface area (Å²) in [5.74, 6) is 0.836. The molecule has 0 aliphatic carbocycles. The van der Waals surface area contributed by atoms with Crippen LogP contribution in [-0.4, -0.2) is 13.1 Å². The lowest BCUT2D eigenvalue weighted by molar-refractivity contribution is -0.134. The van der Waals surface area contributed by atoms with Crippen LogP contribution in [0.5, 0.6) is 11.5 Å². The summed E-state index contributed by atoms with van der Waals surface area (Å²) < 4.78 is 10.2. The van der Waals surface area contributed by atoms with E-state index >= 15 is 0 Å². The number of rotatable bonds is 4. The van der Waals surface area contributed by atoms with Crippen molar-refractivity contribution in [1.29, 1.82) is 0 Å². The molecule has 0 amide bonds. The average molecular weight is 194 g/mol. The molecule has 0 heterocycles. The van der Waals surface area contributed by atoms with Gasteiger partial charge >= 0.3 is 5.97 Å². The fraction of sp³-hybridized carbons (Fsp3) is 0.364. The van der Waals surface area contributed by atoms with Gasteiger partial charge in [0.25, 0.3) is 0 Å². The van der Waals surface area contributed by atoms with Crippen molar-refractivity contribution in [3.05, 3.63) is 24.3 Å². The van der Waals surface area contributed by atoms with Crippen LogP contribution in [0.15, 0.2) is 24.3 Å². The number of benzene rings is 1. The van der Waals surface area contributed by atoms with Gasteiger partial charge in [-0.2, -0.15) is 0 Å². The van der Waals surface area contributed by atoms with Crippen LogP contribution in [0.2, 0.25) is 0 Å². The predicted molar refractivity (Wildman–Crippen MR) is 53.5 cm³/mol. The van der Waals surface area contributed by atoms with Crippen LogP contribution in [0.4, 0.5) is 0 Å². The van der Waals surface area contributed by atoms with Gasteiger partial charge in [-0.15, -0.1) is 0 Å². The summed E-state index contributed by atoms with van der Waals surface area (Å²) in [6.07, 6.45) is 1.21. The van der Waals surface area contributed by atoms with Gasteiger partial charge in [-0.3, -0.25) is 4.79 Å². The molecule has 0 bridgehead atoms. The minimum atomic E-state index is -0.225. The molecule has 0 aromatic heterocycles. The van der Waals surface area contributed by atoms with E-state index in [1.165, 1.54) is 0 Å². The van der Waals surface area contributed by atoms with Crippen molar-refractivity contribution in [3.63, 3.8) is 0 Å². The van der Waals surface area contributed by atoms with Crippen LogP contribution >= 0.6 is 0 Å². The van der Waals surface area contributed by atoms with Crippen molar-refractivity contribution in [1.82, 2.24) is 0 Å². The van der Waals surface area contributed by atoms with E-state index < -0.39 is 0 Å². The number of hydrogen-bond donors (Lipinski definition) is 0. The molecule has 0 saturated heterocycles. The van der Waals surface area contributed by atoms with Crippen molar-refractivity contribution >= 4 is 5.97 Å². The Morgan fingerprint density at radius 3 is 2.50 bits per heavy atom. The van der Waals surface area contributed by atoms with E-state index in [4.69, 9.17) is 9.47 Å². The molecule has 0 fully saturated rings. The third-order valence-electron chi connectivity index (χ3n) is 1.75. The van der Waals surface area contributed by atoms with Crippen LogP contribution < -0.4 is 9.47 Å². The largest absolute Gasteiger partial charge is 0.493 e. The van der Waals surface area contributed by atoms with E-state index in [0.717, 1.165) is 6.42 Å². The molecule has 0 radical (unpaired) electrons. The maximum Gasteiger partial charge on any atom is 0.311 e. The minimum Gasteiger partial charge on any atom is -0.493 e. The molecule has 0 spiro atoms. The Kier molecular flexibility index (Phi) is 3.98. The smallest absolute Gasteiger partial charge is 0.311 e. The van der Waals surface area contributed by atoms with Gasteiger partial charge in [0.2, 0.25) is 0 Å². The van der Waals surface area contributed by atoms with Crippen molar-refractivity contribution in [2.24, 2.45) is 0 Å². The van der Waals surface area contributed by atoms with Crippen LogP contribution in [-0.2, 0) is 4.79 Å². The molecule has 76 valence electrons. The normalized spacial score (nSPS) is 9.57. The highest BCUT2D eigenvalue weighted by atomic mass is 16.6. The summed E-state index contributed by atoms with van der Waals surface area (Å²) in [5, 5.41) is 0. The van der Waals surface area contributed by atoms with E-state index in [2.05, 4.69) is 0 Å². The fourth-order valence-corrected chi connectivity index (χ4v) is 1.08. The molecule has 1 aromatic rings. The first-order valence-corrected chi connectivity index (χ1v) is 4.61. The summed E-state index contributed by atoms with van der Waals surface area (Å²) in [6.45, 7) is 1.93. The van der Waals surface area contributed by atoms with Crippen LogP contribution in [0.1, 0.15) is 19.8 Å². The molecular formula is C11H14O3. The highest BCUT2D eigenvalue weighted by Gasteiger charge is 2.07. The van der Waals surface area contributed by atoms with Crippen molar-refractivity contribution in [3.8, 4) is 11.5 Å². The van der Waals surface area contributed by atoms with Crippen LogP contribution in [0.3, 0.4) is 0 Å². The van der Waals surface area contributed by atoms with Gasteiger partial charge in [-0.25, -0.2) is 0 Å². The van der Waals surface area contributed by atoms with Gasteiger partial charge in [0, 0.05) is 6.42 Å². The lowest BCUT2D eigenvalue weighted by Gasteiger charge is -2.07. The highest BCUT2D eigenvalue weighted by Crippen LogP contribution is 2.26. The van der Waals surface area contributed by atoms with E-state index in [-0.39, 0.29) is 5.97 Å². The molecule has 3 nitrogen and oxygen atoms in total. The maximum absolute atomic E-state index is 11.2. The zero-order valence-corrected chi connectivity index (χ0v) is 8.45. The van der Waals surface area contributed by atoms with Crippen molar-refractivity contribution < 1.29 is 14.3 Å². The fourth-order valence-electron chi connectivity index (χ4n) is 1.08. The zero-order valence-electron chi connectivity index (χ0n) is 8.45. The van der Waals surface area contributed by atoms with E-state index in [1.54, 1.807) is 25.3 Å². The molecule has 0 unspecified atom stereocenters. The Balaban J connectivity index is 2.70.